The van der Waals surface area contributed by atoms with E-state index in [1.807, 2.05) is 0 Å². The lowest BCUT2D eigenvalue weighted by atomic mass is 9.30. The molecular formula is C12H25B. The summed E-state index contributed by atoms with van der Waals surface area (Å²) in [6, 6.07) is 0. The largest absolute Gasteiger partial charge is 0.132 e. The van der Waals surface area contributed by atoms with E-state index in [2.05, 4.69) is 20.8 Å². The van der Waals surface area contributed by atoms with Crippen LogP contribution in [0, 0.1) is 5.41 Å². The van der Waals surface area contributed by atoms with E-state index in [9.17, 15) is 0 Å². The topological polar surface area (TPSA) is 0 Å². The van der Waals surface area contributed by atoms with E-state index < -0.39 is 0 Å². The van der Waals surface area contributed by atoms with E-state index >= 15 is 0 Å². The van der Waals surface area contributed by atoms with Gasteiger partial charge in [0.05, 0.1) is 0 Å². The second kappa shape index (κ2) is 3.03. The molecule has 2 aliphatic heterocycles. The standard InChI is InChI=1S/C12H23B.H2/c1-11(2,3)12-8-4-6-10(13-12)7-5-9-12;/h10,13H,4-9H2,1-3H3;1H. The van der Waals surface area contributed by atoms with Crippen molar-refractivity contribution in [1.29, 1.82) is 0 Å². The van der Waals surface area contributed by atoms with Gasteiger partial charge in [-0.3, -0.25) is 0 Å². The van der Waals surface area contributed by atoms with E-state index in [4.69, 9.17) is 0 Å². The lowest BCUT2D eigenvalue weighted by Crippen LogP contribution is -2.41. The third-order valence-corrected chi connectivity index (χ3v) is 4.81. The quantitative estimate of drug-likeness (QED) is 0.493. The lowest BCUT2D eigenvalue weighted by Gasteiger charge is -2.52. The van der Waals surface area contributed by atoms with Crippen molar-refractivity contribution in [2.75, 3.05) is 0 Å². The summed E-state index contributed by atoms with van der Waals surface area (Å²) in [6.45, 7) is 7.38. The van der Waals surface area contributed by atoms with Gasteiger partial charge < -0.3 is 0 Å². The van der Waals surface area contributed by atoms with Gasteiger partial charge in [-0.25, -0.2) is 0 Å². The fourth-order valence-electron chi connectivity index (χ4n) is 3.74. The molecule has 0 aliphatic carbocycles. The number of hydrogen-bond acceptors (Lipinski definition) is 0. The Morgan fingerprint density at radius 2 is 1.69 bits per heavy atom. The molecule has 0 saturated carbocycles. The van der Waals surface area contributed by atoms with Gasteiger partial charge in [0.15, 0.2) is 0 Å². The summed E-state index contributed by atoms with van der Waals surface area (Å²) in [5.41, 5.74) is 0.548. The van der Waals surface area contributed by atoms with Gasteiger partial charge in [0.2, 0.25) is 0 Å². The van der Waals surface area contributed by atoms with Crippen molar-refractivity contribution in [2.24, 2.45) is 5.41 Å². The molecule has 0 atom stereocenters. The zero-order valence-electron chi connectivity index (χ0n) is 9.53. The molecule has 2 heterocycles. The molecule has 2 bridgehead atoms. The molecule has 0 amide bonds. The molecule has 13 heavy (non-hydrogen) atoms. The van der Waals surface area contributed by atoms with Crippen LogP contribution in [0.4, 0.5) is 0 Å². The SMILES string of the molecule is CC(C)(C)C12BC(CCC1)CCC2.[HH]. The Bertz CT molecular complexity index is 185. The summed E-state index contributed by atoms with van der Waals surface area (Å²) < 4.78 is 0. The van der Waals surface area contributed by atoms with Crippen LogP contribution in [-0.2, 0) is 0 Å². The van der Waals surface area contributed by atoms with Gasteiger partial charge in [0.25, 0.3) is 0 Å². The summed E-state index contributed by atoms with van der Waals surface area (Å²) in [5.74, 6) is 1.08. The van der Waals surface area contributed by atoms with E-state index in [1.54, 1.807) is 0 Å². The van der Waals surface area contributed by atoms with Crippen LogP contribution in [0.25, 0.3) is 0 Å². The van der Waals surface area contributed by atoms with Crippen molar-refractivity contribution in [1.82, 2.24) is 0 Å². The van der Waals surface area contributed by atoms with Crippen LogP contribution in [0.1, 0.15) is 60.7 Å². The predicted octanol–water partition coefficient (Wildman–Crippen LogP) is 4.03. The molecule has 0 N–H and O–H groups in total. The smallest absolute Gasteiger partial charge is 0.0651 e. The molecule has 0 aromatic carbocycles. The third kappa shape index (κ3) is 1.55. The maximum Gasteiger partial charge on any atom is 0.132 e. The molecule has 76 valence electrons. The van der Waals surface area contributed by atoms with Gasteiger partial charge in [0.1, 0.15) is 7.28 Å². The molecular weight excluding hydrogens is 155 g/mol. The zero-order valence-corrected chi connectivity index (χ0v) is 9.53. The number of fused-ring (bicyclic) bond motifs is 2. The van der Waals surface area contributed by atoms with Crippen LogP contribution in [-0.4, -0.2) is 7.28 Å². The fourth-order valence-corrected chi connectivity index (χ4v) is 3.74. The average molecular weight is 180 g/mol. The van der Waals surface area contributed by atoms with Crippen molar-refractivity contribution in [3.63, 3.8) is 0 Å². The van der Waals surface area contributed by atoms with Crippen LogP contribution in [0.15, 0.2) is 0 Å². The minimum absolute atomic E-state index is 0. The van der Waals surface area contributed by atoms with Gasteiger partial charge in [0, 0.05) is 1.43 Å². The Morgan fingerprint density at radius 1 is 1.15 bits per heavy atom. The zero-order chi connectivity index (χ0) is 9.53. The second-order valence-electron chi connectivity index (χ2n) is 6.38. The van der Waals surface area contributed by atoms with Crippen LogP contribution in [0.2, 0.25) is 11.1 Å². The molecule has 2 saturated heterocycles. The molecule has 0 unspecified atom stereocenters. The van der Waals surface area contributed by atoms with Crippen molar-refractivity contribution in [3.05, 3.63) is 0 Å². The third-order valence-electron chi connectivity index (χ3n) is 4.81. The summed E-state index contributed by atoms with van der Waals surface area (Å²) >= 11 is 0. The highest BCUT2D eigenvalue weighted by Crippen LogP contribution is 2.60. The maximum absolute atomic E-state index is 2.46. The Balaban J connectivity index is 0.000000980. The molecule has 0 aromatic heterocycles. The highest BCUT2D eigenvalue weighted by atomic mass is 14.4. The van der Waals surface area contributed by atoms with Gasteiger partial charge >= 0.3 is 0 Å². The highest BCUT2D eigenvalue weighted by molar-refractivity contribution is 6.43. The fraction of sp³-hybridized carbons (Fsp3) is 1.00. The van der Waals surface area contributed by atoms with Crippen LogP contribution < -0.4 is 0 Å². The van der Waals surface area contributed by atoms with Crippen LogP contribution >= 0.6 is 0 Å². The highest BCUT2D eigenvalue weighted by Gasteiger charge is 2.47. The van der Waals surface area contributed by atoms with Gasteiger partial charge in [-0.2, -0.15) is 0 Å². The summed E-state index contributed by atoms with van der Waals surface area (Å²) in [6.07, 6.45) is 9.07. The Hall–Kier alpha value is 0.0649. The van der Waals surface area contributed by atoms with Crippen molar-refractivity contribution in [3.8, 4) is 0 Å². The lowest BCUT2D eigenvalue weighted by molar-refractivity contribution is 0.188. The van der Waals surface area contributed by atoms with Gasteiger partial charge in [-0.15, -0.1) is 0 Å². The Morgan fingerprint density at radius 3 is 2.08 bits per heavy atom. The Kier molecular flexibility index (Phi) is 2.24. The molecule has 1 heteroatoms. The molecule has 2 rings (SSSR count). The molecule has 0 nitrogen and oxygen atoms in total. The summed E-state index contributed by atoms with van der Waals surface area (Å²) in [5, 5.41) is 0.716. The van der Waals surface area contributed by atoms with E-state index in [0.717, 1.165) is 5.82 Å². The first kappa shape index (κ1) is 9.61. The van der Waals surface area contributed by atoms with Crippen molar-refractivity contribution in [2.45, 2.75) is 70.4 Å². The van der Waals surface area contributed by atoms with E-state index in [1.165, 1.54) is 45.8 Å². The van der Waals surface area contributed by atoms with Crippen molar-refractivity contribution >= 4 is 7.28 Å². The Labute approximate surface area is 85.2 Å². The van der Waals surface area contributed by atoms with E-state index in [0.29, 0.717) is 10.7 Å². The van der Waals surface area contributed by atoms with E-state index in [-0.39, 0.29) is 1.43 Å². The second-order valence-corrected chi connectivity index (χ2v) is 6.38. The first-order valence-corrected chi connectivity index (χ1v) is 6.04. The van der Waals surface area contributed by atoms with Gasteiger partial charge in [-0.05, 0) is 10.7 Å². The monoisotopic (exact) mass is 180 g/mol. The summed E-state index contributed by atoms with van der Waals surface area (Å²) in [7, 11) is 1.54. The maximum atomic E-state index is 2.46. The summed E-state index contributed by atoms with van der Waals surface area (Å²) in [4.78, 5) is 0. The number of rotatable bonds is 0. The predicted molar refractivity (Wildman–Crippen MR) is 62.9 cm³/mol. The minimum Gasteiger partial charge on any atom is -0.0651 e. The van der Waals surface area contributed by atoms with Gasteiger partial charge in [-0.1, -0.05) is 65.1 Å². The van der Waals surface area contributed by atoms with Crippen LogP contribution in [0.3, 0.4) is 0 Å². The minimum atomic E-state index is 0. The molecule has 2 fully saturated rings. The molecule has 0 aromatic rings. The number of hydrogen-bond donors (Lipinski definition) is 0. The first-order chi connectivity index (χ1) is 6.04. The molecule has 0 spiro atoms. The van der Waals surface area contributed by atoms with Crippen LogP contribution in [0.5, 0.6) is 0 Å². The molecule has 0 radical (unpaired) electrons. The van der Waals surface area contributed by atoms with Crippen molar-refractivity contribution < 1.29 is 1.43 Å². The normalized spacial score (nSPS) is 39.8. The first-order valence-electron chi connectivity index (χ1n) is 6.04. The average Bonchev–Trinajstić information content (AvgIpc) is 2.02. The molecule has 2 aliphatic rings.